The zero-order valence-electron chi connectivity index (χ0n) is 35.9. The predicted octanol–water partition coefficient (Wildman–Crippen LogP) is -1.60. The number of fused-ring (bicyclic) bond motifs is 3. The van der Waals surface area contributed by atoms with Crippen LogP contribution in [0.2, 0.25) is 0 Å². The van der Waals surface area contributed by atoms with Crippen molar-refractivity contribution in [1.29, 1.82) is 0 Å². The van der Waals surface area contributed by atoms with E-state index in [1.54, 1.807) is 97.1 Å². The second-order valence-electron chi connectivity index (χ2n) is 13.6. The van der Waals surface area contributed by atoms with E-state index in [1.165, 1.54) is 18.2 Å². The van der Waals surface area contributed by atoms with E-state index in [9.17, 15) is 22.6 Å². The molecule has 0 saturated heterocycles. The Labute approximate surface area is 458 Å². The summed E-state index contributed by atoms with van der Waals surface area (Å²) in [6, 6.07) is 39.4. The van der Waals surface area contributed by atoms with Crippen LogP contribution in [-0.2, 0) is 23.1 Å². The van der Waals surface area contributed by atoms with Gasteiger partial charge in [0.2, 0.25) is 0 Å². The van der Waals surface area contributed by atoms with Gasteiger partial charge >= 0.3 is 118 Å². The molecule has 0 atom stereocenters. The summed E-state index contributed by atoms with van der Waals surface area (Å²) in [7, 11) is -4.79. The number of anilines is 1. The number of ether oxygens (including phenoxy) is 1. The van der Waals surface area contributed by atoms with Crippen molar-refractivity contribution in [3.8, 4) is 5.75 Å². The molecule has 0 aliphatic heterocycles. The number of hydrogen-bond donors (Lipinski definition) is 1. The van der Waals surface area contributed by atoms with Gasteiger partial charge in [-0.2, -0.15) is 76.0 Å². The summed E-state index contributed by atoms with van der Waals surface area (Å²) in [4.78, 5) is 30.8. The number of benzene rings is 7. The molecule has 0 heterocycles. The molecule has 17 heteroatoms. The molecule has 0 bridgehead atoms. The maximum atomic E-state index is 13.6. The quantitative estimate of drug-likeness (QED) is 0.0382. The molecule has 7 aromatic carbocycles. The van der Waals surface area contributed by atoms with Crippen LogP contribution in [0.1, 0.15) is 44.3 Å². The minimum Gasteiger partial charge on any atom is -0.744 e. The monoisotopic (exact) mass is 900 g/mol. The first-order valence-corrected chi connectivity index (χ1v) is 20.1. The zero-order chi connectivity index (χ0) is 41.8. The van der Waals surface area contributed by atoms with E-state index in [0.717, 1.165) is 10.9 Å². The number of carbonyl (C=O) groups excluding carboxylic acids is 2. The Morgan fingerprint density at radius 3 is 2.23 bits per heavy atom. The van der Waals surface area contributed by atoms with Gasteiger partial charge in [0, 0.05) is 34.1 Å². The average molecular weight is 901 g/mol. The van der Waals surface area contributed by atoms with Crippen LogP contribution in [0.5, 0.6) is 5.75 Å². The molecule has 2 N–H and O–H groups in total. The molecule has 8 rings (SSSR count). The Hall–Kier alpha value is -3.48. The van der Waals surface area contributed by atoms with Crippen molar-refractivity contribution in [2.24, 2.45) is 25.4 Å². The van der Waals surface area contributed by atoms with E-state index < -0.39 is 15.0 Å². The normalized spacial score (nSPS) is 12.7. The topological polar surface area (TPSA) is 188 Å². The first-order valence-electron chi connectivity index (χ1n) is 18.7. The Morgan fingerprint density at radius 2 is 1.50 bits per heavy atom. The minimum atomic E-state index is -4.79. The SMILES string of the molecule is CCOc1cc(N=Nc2ccc(N=Nc3c[c-]ccc3)c3ccc(S(=O)(=O)[O-])cc23)c2c[c-]ccc2c1CN=C1[C-]=Cc2cc(CC(=O)c3cccc(N)c3)ccc2C1=O.[Na+].[Na+].[Na+].[Na+]. The summed E-state index contributed by atoms with van der Waals surface area (Å²) >= 11 is 0. The molecule has 0 unspecified atom stereocenters. The third-order valence-corrected chi connectivity index (χ3v) is 10.5. The van der Waals surface area contributed by atoms with Crippen LogP contribution in [0.25, 0.3) is 27.6 Å². The van der Waals surface area contributed by atoms with Gasteiger partial charge in [0.1, 0.15) is 15.9 Å². The van der Waals surface area contributed by atoms with E-state index in [-0.39, 0.29) is 154 Å². The number of allylic oxidation sites excluding steroid dienone is 1. The Morgan fingerprint density at radius 1 is 0.750 bits per heavy atom. The van der Waals surface area contributed by atoms with Gasteiger partial charge in [-0.05, 0) is 66.4 Å². The van der Waals surface area contributed by atoms with Crippen LogP contribution in [0.15, 0.2) is 152 Å². The van der Waals surface area contributed by atoms with Crippen molar-refractivity contribution in [2.75, 3.05) is 12.3 Å². The number of nitrogens with zero attached hydrogens (tertiary/aromatic N) is 5. The minimum absolute atomic E-state index is 0. The summed E-state index contributed by atoms with van der Waals surface area (Å²) in [5.41, 5.74) is 11.3. The molecule has 64 heavy (non-hydrogen) atoms. The summed E-state index contributed by atoms with van der Waals surface area (Å²) in [5, 5.41) is 20.0. The van der Waals surface area contributed by atoms with E-state index in [0.29, 0.717) is 73.5 Å². The molecule has 0 fully saturated rings. The fourth-order valence-corrected chi connectivity index (χ4v) is 7.31. The number of aliphatic imine (C=N–C) groups is 1. The van der Waals surface area contributed by atoms with Crippen LogP contribution in [0, 0.1) is 18.2 Å². The maximum absolute atomic E-state index is 13.6. The smallest absolute Gasteiger partial charge is 0.744 e. The third-order valence-electron chi connectivity index (χ3n) is 9.70. The number of ketones is 2. The molecule has 0 aromatic heterocycles. The molecular formula is C47H32N6Na4O6S. The summed E-state index contributed by atoms with van der Waals surface area (Å²) in [5.74, 6) is 0.0852. The second-order valence-corrected chi connectivity index (χ2v) is 15.0. The van der Waals surface area contributed by atoms with Gasteiger partial charge < -0.3 is 24.8 Å². The standard InChI is InChI=1S/C47H33N6O6S.4Na/c1-2-59-46-27-44(53-52-42-22-21-41(51-50-33-11-4-3-5-12-33)38-19-17-34(26-39(38)42)60(56,57)58)37-14-7-6-13-36(37)40(46)28-49-43-20-16-30-23-29(15-18-35(30)47(43)55)24-45(54)31-9-8-10-32(48)25-31;;;;/h3-4,6,8-19,21-23,25-27H,2,24,28,48H2,1H3,(H,56,57,58);;;;/q-3;4*+1/p-1. The van der Waals surface area contributed by atoms with Gasteiger partial charge in [-0.25, -0.2) is 13.5 Å². The van der Waals surface area contributed by atoms with E-state index in [1.807, 2.05) is 19.1 Å². The Kier molecular flexibility index (Phi) is 19.8. The van der Waals surface area contributed by atoms with Crippen molar-refractivity contribution >= 4 is 83.5 Å². The maximum Gasteiger partial charge on any atom is 1.00 e. The fourth-order valence-electron chi connectivity index (χ4n) is 6.81. The van der Waals surface area contributed by atoms with Gasteiger partial charge in [-0.15, -0.1) is 23.1 Å². The van der Waals surface area contributed by atoms with Crippen molar-refractivity contribution in [3.63, 3.8) is 0 Å². The Bertz CT molecular complexity index is 3110. The molecular weight excluding hydrogens is 869 g/mol. The molecule has 0 spiro atoms. The van der Waals surface area contributed by atoms with E-state index >= 15 is 0 Å². The molecule has 0 saturated carbocycles. The number of nitrogens with two attached hydrogens (primary N) is 1. The first-order chi connectivity index (χ1) is 29.1. The van der Waals surface area contributed by atoms with Crippen molar-refractivity contribution in [1.82, 2.24) is 0 Å². The van der Waals surface area contributed by atoms with E-state index in [2.05, 4.69) is 38.7 Å². The Balaban J connectivity index is 0.00000224. The van der Waals surface area contributed by atoms with Crippen LogP contribution in [-0.4, -0.2) is 36.9 Å². The van der Waals surface area contributed by atoms with Gasteiger partial charge in [0.15, 0.2) is 5.78 Å². The summed E-state index contributed by atoms with van der Waals surface area (Å²) in [6.45, 7) is 2.24. The zero-order valence-corrected chi connectivity index (χ0v) is 44.7. The number of hydrogen-bond acceptors (Lipinski definition) is 12. The van der Waals surface area contributed by atoms with Gasteiger partial charge in [-0.3, -0.25) is 4.79 Å². The molecule has 0 radical (unpaired) electrons. The molecule has 1 aliphatic rings. The number of Topliss-reactive ketones (excluding diaryl/α,β-unsaturated/α-hetero) is 2. The molecule has 7 aromatic rings. The van der Waals surface area contributed by atoms with Crippen LogP contribution < -0.4 is 129 Å². The number of carbonyl (C=O) groups is 2. The van der Waals surface area contributed by atoms with Crippen molar-refractivity contribution < 1.29 is 146 Å². The van der Waals surface area contributed by atoms with Gasteiger partial charge in [-0.1, -0.05) is 46.8 Å². The van der Waals surface area contributed by atoms with Crippen molar-refractivity contribution in [2.45, 2.75) is 24.8 Å². The molecule has 1 aliphatic carbocycles. The molecule has 296 valence electrons. The van der Waals surface area contributed by atoms with Crippen molar-refractivity contribution in [3.05, 3.63) is 167 Å². The fraction of sp³-hybridized carbons (Fsp3) is 0.0851. The second kappa shape index (κ2) is 23.8. The number of azo groups is 2. The van der Waals surface area contributed by atoms with Gasteiger partial charge in [0.05, 0.1) is 35.2 Å². The molecule has 12 nitrogen and oxygen atoms in total. The largest absolute Gasteiger partial charge is 1.00 e. The first kappa shape index (κ1) is 53.1. The predicted molar refractivity (Wildman–Crippen MR) is 228 cm³/mol. The summed E-state index contributed by atoms with van der Waals surface area (Å²) < 4.78 is 42.2. The average Bonchev–Trinajstić information content (AvgIpc) is 3.25. The number of rotatable bonds is 12. The summed E-state index contributed by atoms with van der Waals surface area (Å²) in [6.07, 6.45) is 4.88. The molecule has 0 amide bonds. The van der Waals surface area contributed by atoms with E-state index in [4.69, 9.17) is 15.5 Å². The van der Waals surface area contributed by atoms with Crippen LogP contribution in [0.4, 0.5) is 28.4 Å². The third kappa shape index (κ3) is 12.3. The van der Waals surface area contributed by atoms with Crippen LogP contribution >= 0.6 is 0 Å². The van der Waals surface area contributed by atoms with Gasteiger partial charge in [0.25, 0.3) is 0 Å². The number of nitrogen functional groups attached to an aromatic ring is 1. The van der Waals surface area contributed by atoms with Crippen LogP contribution in [0.3, 0.4) is 0 Å².